The first-order valence-corrected chi connectivity index (χ1v) is 6.72. The Hall–Kier alpha value is -2.00. The van der Waals surface area contributed by atoms with E-state index in [9.17, 15) is 4.79 Å². The summed E-state index contributed by atoms with van der Waals surface area (Å²) in [6.45, 7) is 2.65. The molecule has 0 amide bonds. The number of benzene rings is 2. The van der Waals surface area contributed by atoms with Crippen molar-refractivity contribution >= 4 is 23.3 Å². The lowest BCUT2D eigenvalue weighted by molar-refractivity contribution is -0.136. The lowest BCUT2D eigenvalue weighted by Crippen LogP contribution is -2.03. The van der Waals surface area contributed by atoms with Gasteiger partial charge in [0.15, 0.2) is 0 Å². The van der Waals surface area contributed by atoms with Gasteiger partial charge in [-0.15, -0.1) is 0 Å². The molecular weight excluding hydrogens is 274 g/mol. The van der Waals surface area contributed by atoms with Crippen molar-refractivity contribution in [2.75, 3.05) is 5.32 Å². The maximum absolute atomic E-state index is 10.6. The molecule has 0 unspecified atom stereocenters. The standard InChI is InChI=1S/C16H16ClNO2/c1-11-3-2-4-14(17)16(11)18-10-13-7-5-12(6-8-13)9-15(19)20/h2-8,18H,9-10H2,1H3,(H,19,20). The van der Waals surface area contributed by atoms with Gasteiger partial charge >= 0.3 is 5.97 Å². The Morgan fingerprint density at radius 3 is 2.40 bits per heavy atom. The Morgan fingerprint density at radius 1 is 1.15 bits per heavy atom. The maximum atomic E-state index is 10.6. The number of anilines is 1. The van der Waals surface area contributed by atoms with Gasteiger partial charge in [-0.05, 0) is 29.7 Å². The average molecular weight is 290 g/mol. The highest BCUT2D eigenvalue weighted by atomic mass is 35.5. The van der Waals surface area contributed by atoms with Gasteiger partial charge in [0.25, 0.3) is 0 Å². The van der Waals surface area contributed by atoms with Crippen molar-refractivity contribution in [1.82, 2.24) is 0 Å². The van der Waals surface area contributed by atoms with E-state index in [4.69, 9.17) is 16.7 Å². The highest BCUT2D eigenvalue weighted by molar-refractivity contribution is 6.33. The highest BCUT2D eigenvalue weighted by Crippen LogP contribution is 2.25. The third kappa shape index (κ3) is 3.75. The van der Waals surface area contributed by atoms with E-state index in [1.807, 2.05) is 49.4 Å². The van der Waals surface area contributed by atoms with Gasteiger partial charge in [0.05, 0.1) is 17.1 Å². The molecule has 2 aromatic rings. The molecule has 2 aromatic carbocycles. The van der Waals surface area contributed by atoms with Gasteiger partial charge in [0.1, 0.15) is 0 Å². The van der Waals surface area contributed by atoms with Crippen LogP contribution in [0.3, 0.4) is 0 Å². The number of carboxylic acid groups (broad SMARTS) is 1. The molecule has 104 valence electrons. The normalized spacial score (nSPS) is 10.3. The summed E-state index contributed by atoms with van der Waals surface area (Å²) >= 11 is 6.15. The number of nitrogens with one attached hydrogen (secondary N) is 1. The Labute approximate surface area is 123 Å². The van der Waals surface area contributed by atoms with Crippen LogP contribution in [0.1, 0.15) is 16.7 Å². The number of aryl methyl sites for hydroxylation is 1. The second-order valence-electron chi connectivity index (χ2n) is 4.67. The van der Waals surface area contributed by atoms with E-state index in [2.05, 4.69) is 5.32 Å². The molecule has 0 heterocycles. The minimum Gasteiger partial charge on any atom is -0.481 e. The first-order chi connectivity index (χ1) is 9.56. The molecule has 20 heavy (non-hydrogen) atoms. The molecule has 0 aliphatic rings. The first kappa shape index (κ1) is 14.4. The van der Waals surface area contributed by atoms with E-state index in [0.29, 0.717) is 11.6 Å². The van der Waals surface area contributed by atoms with Crippen molar-refractivity contribution < 1.29 is 9.90 Å². The molecular formula is C16H16ClNO2. The molecule has 3 nitrogen and oxygen atoms in total. The Balaban J connectivity index is 2.02. The van der Waals surface area contributed by atoms with Gasteiger partial charge in [-0.2, -0.15) is 0 Å². The van der Waals surface area contributed by atoms with E-state index >= 15 is 0 Å². The summed E-state index contributed by atoms with van der Waals surface area (Å²) in [4.78, 5) is 10.6. The number of hydrogen-bond acceptors (Lipinski definition) is 2. The number of hydrogen-bond donors (Lipinski definition) is 2. The largest absolute Gasteiger partial charge is 0.481 e. The monoisotopic (exact) mass is 289 g/mol. The summed E-state index contributed by atoms with van der Waals surface area (Å²) < 4.78 is 0. The molecule has 0 bridgehead atoms. The van der Waals surface area contributed by atoms with Crippen molar-refractivity contribution in [2.24, 2.45) is 0 Å². The van der Waals surface area contributed by atoms with Crippen LogP contribution in [0.2, 0.25) is 5.02 Å². The highest BCUT2D eigenvalue weighted by Gasteiger charge is 2.04. The maximum Gasteiger partial charge on any atom is 0.307 e. The van der Waals surface area contributed by atoms with Crippen molar-refractivity contribution in [3.05, 3.63) is 64.2 Å². The molecule has 0 aliphatic heterocycles. The third-order valence-electron chi connectivity index (χ3n) is 3.07. The zero-order valence-electron chi connectivity index (χ0n) is 11.2. The smallest absolute Gasteiger partial charge is 0.307 e. The molecule has 0 atom stereocenters. The van der Waals surface area contributed by atoms with Crippen LogP contribution in [-0.4, -0.2) is 11.1 Å². The molecule has 0 fully saturated rings. The lowest BCUT2D eigenvalue weighted by Gasteiger charge is -2.11. The van der Waals surface area contributed by atoms with Crippen LogP contribution in [0.4, 0.5) is 5.69 Å². The fraction of sp³-hybridized carbons (Fsp3) is 0.188. The summed E-state index contributed by atoms with van der Waals surface area (Å²) in [7, 11) is 0. The first-order valence-electron chi connectivity index (χ1n) is 6.35. The summed E-state index contributed by atoms with van der Waals surface area (Å²) in [6.07, 6.45) is 0.0529. The van der Waals surface area contributed by atoms with Crippen molar-refractivity contribution in [1.29, 1.82) is 0 Å². The number of carbonyl (C=O) groups is 1. The van der Waals surface area contributed by atoms with E-state index < -0.39 is 5.97 Å². The van der Waals surface area contributed by atoms with Crippen molar-refractivity contribution in [3.63, 3.8) is 0 Å². The molecule has 2 N–H and O–H groups in total. The second kappa shape index (κ2) is 6.44. The summed E-state index contributed by atoms with van der Waals surface area (Å²) in [6, 6.07) is 13.3. The van der Waals surface area contributed by atoms with Crippen molar-refractivity contribution in [3.8, 4) is 0 Å². The number of para-hydroxylation sites is 1. The van der Waals surface area contributed by atoms with Crippen LogP contribution in [0, 0.1) is 6.92 Å². The van der Waals surface area contributed by atoms with Crippen LogP contribution >= 0.6 is 11.6 Å². The Morgan fingerprint density at radius 2 is 1.80 bits per heavy atom. The predicted molar refractivity (Wildman–Crippen MR) is 81.3 cm³/mol. The minimum atomic E-state index is -0.817. The zero-order valence-corrected chi connectivity index (χ0v) is 11.9. The Kier molecular flexibility index (Phi) is 4.64. The van der Waals surface area contributed by atoms with Crippen LogP contribution < -0.4 is 5.32 Å². The number of aliphatic carboxylic acids is 1. The molecule has 0 spiro atoms. The molecule has 2 rings (SSSR count). The average Bonchev–Trinajstić information content (AvgIpc) is 2.39. The zero-order chi connectivity index (χ0) is 14.5. The summed E-state index contributed by atoms with van der Waals surface area (Å²) in [5.74, 6) is -0.817. The summed E-state index contributed by atoms with van der Waals surface area (Å²) in [5, 5.41) is 12.7. The van der Waals surface area contributed by atoms with E-state index in [1.54, 1.807) is 0 Å². The van der Waals surface area contributed by atoms with Crippen LogP contribution in [0.25, 0.3) is 0 Å². The fourth-order valence-corrected chi connectivity index (χ4v) is 2.28. The predicted octanol–water partition coefficient (Wildman–Crippen LogP) is 3.89. The number of carboxylic acids is 1. The van der Waals surface area contributed by atoms with Gasteiger partial charge < -0.3 is 10.4 Å². The topological polar surface area (TPSA) is 49.3 Å². The molecule has 0 saturated carbocycles. The number of rotatable bonds is 5. The Bertz CT molecular complexity index is 588. The summed E-state index contributed by atoms with van der Waals surface area (Å²) in [5.41, 5.74) is 3.91. The van der Waals surface area contributed by atoms with Gasteiger partial charge in [-0.25, -0.2) is 0 Å². The number of halogens is 1. The van der Waals surface area contributed by atoms with Gasteiger partial charge in [0.2, 0.25) is 0 Å². The molecule has 0 radical (unpaired) electrons. The third-order valence-corrected chi connectivity index (χ3v) is 3.38. The minimum absolute atomic E-state index is 0.0529. The van der Waals surface area contributed by atoms with E-state index in [1.165, 1.54) is 0 Å². The lowest BCUT2D eigenvalue weighted by atomic mass is 10.1. The van der Waals surface area contributed by atoms with Crippen molar-refractivity contribution in [2.45, 2.75) is 19.9 Å². The van der Waals surface area contributed by atoms with Gasteiger partial charge in [-0.3, -0.25) is 4.79 Å². The van der Waals surface area contributed by atoms with Crippen LogP contribution in [-0.2, 0) is 17.8 Å². The van der Waals surface area contributed by atoms with E-state index in [0.717, 1.165) is 22.4 Å². The SMILES string of the molecule is Cc1cccc(Cl)c1NCc1ccc(CC(=O)O)cc1. The molecule has 0 aliphatic carbocycles. The van der Waals surface area contributed by atoms with Crippen LogP contribution in [0.5, 0.6) is 0 Å². The van der Waals surface area contributed by atoms with E-state index in [-0.39, 0.29) is 6.42 Å². The molecule has 4 heteroatoms. The molecule has 0 aromatic heterocycles. The quantitative estimate of drug-likeness (QED) is 0.878. The van der Waals surface area contributed by atoms with Crippen LogP contribution in [0.15, 0.2) is 42.5 Å². The second-order valence-corrected chi connectivity index (χ2v) is 5.08. The molecule has 0 saturated heterocycles. The van der Waals surface area contributed by atoms with Gasteiger partial charge in [-0.1, -0.05) is 48.0 Å². The van der Waals surface area contributed by atoms with Gasteiger partial charge in [0, 0.05) is 6.54 Å². The fourth-order valence-electron chi connectivity index (χ4n) is 2.00.